The topological polar surface area (TPSA) is 23.6 Å². The van der Waals surface area contributed by atoms with Gasteiger partial charge in [-0.15, -0.1) is 0 Å². The molecule has 3 aliphatic rings. The van der Waals surface area contributed by atoms with Crippen molar-refractivity contribution in [2.24, 2.45) is 0 Å². The van der Waals surface area contributed by atoms with Gasteiger partial charge in [0.2, 0.25) is 5.91 Å². The third-order valence-electron chi connectivity index (χ3n) is 4.47. The summed E-state index contributed by atoms with van der Waals surface area (Å²) < 4.78 is 0. The van der Waals surface area contributed by atoms with Crippen molar-refractivity contribution < 1.29 is 4.79 Å². The number of carbonyl (C=O) groups excluding carboxylic acids is 1. The van der Waals surface area contributed by atoms with Crippen molar-refractivity contribution in [3.8, 4) is 0 Å². The van der Waals surface area contributed by atoms with E-state index in [4.69, 9.17) is 11.6 Å². The summed E-state index contributed by atoms with van der Waals surface area (Å²) in [5.41, 5.74) is 1.14. The molecule has 21 heavy (non-hydrogen) atoms. The van der Waals surface area contributed by atoms with Crippen molar-refractivity contribution in [2.45, 2.75) is 31.8 Å². The summed E-state index contributed by atoms with van der Waals surface area (Å²) in [6.07, 6.45) is 6.17. The fraction of sp³-hybridized carbons (Fsp3) is 0.471. The summed E-state index contributed by atoms with van der Waals surface area (Å²) in [7, 11) is 0. The Balaban J connectivity index is 1.53. The molecule has 0 radical (unpaired) electrons. The fourth-order valence-corrected chi connectivity index (χ4v) is 3.53. The molecule has 112 valence electrons. The minimum absolute atomic E-state index is 0.291. The van der Waals surface area contributed by atoms with Gasteiger partial charge in [0.25, 0.3) is 0 Å². The predicted octanol–water partition coefficient (Wildman–Crippen LogP) is 3.05. The van der Waals surface area contributed by atoms with Crippen LogP contribution in [0.15, 0.2) is 30.3 Å². The predicted molar refractivity (Wildman–Crippen MR) is 86.3 cm³/mol. The van der Waals surface area contributed by atoms with E-state index in [1.807, 2.05) is 30.0 Å². The van der Waals surface area contributed by atoms with Crippen molar-refractivity contribution in [3.05, 3.63) is 40.9 Å². The Kier molecular flexibility index (Phi) is 4.32. The maximum absolute atomic E-state index is 11.8. The summed E-state index contributed by atoms with van der Waals surface area (Å²) in [6, 6.07) is 8.97. The van der Waals surface area contributed by atoms with Crippen molar-refractivity contribution in [2.75, 3.05) is 19.6 Å². The molecular formula is C17H21ClN2O. The number of hydrogen-bond acceptors (Lipinski definition) is 2. The van der Waals surface area contributed by atoms with Gasteiger partial charge in [-0.1, -0.05) is 42.8 Å². The first-order valence-electron chi connectivity index (χ1n) is 7.63. The number of fused-ring (bicyclic) bond motifs is 2. The van der Waals surface area contributed by atoms with Crippen LogP contribution < -0.4 is 0 Å². The van der Waals surface area contributed by atoms with Gasteiger partial charge in [0, 0.05) is 43.2 Å². The molecule has 4 rings (SSSR count). The van der Waals surface area contributed by atoms with Crippen LogP contribution in [0.25, 0.3) is 6.08 Å². The number of nitrogens with zero attached hydrogens (tertiary/aromatic N) is 2. The lowest BCUT2D eigenvalue weighted by Crippen LogP contribution is -2.69. The van der Waals surface area contributed by atoms with E-state index in [1.54, 1.807) is 0 Å². The van der Waals surface area contributed by atoms with Crippen LogP contribution in [0.1, 0.15) is 25.3 Å². The molecule has 3 saturated heterocycles. The van der Waals surface area contributed by atoms with Crippen molar-refractivity contribution in [1.82, 2.24) is 9.80 Å². The lowest BCUT2D eigenvalue weighted by molar-refractivity contribution is -0.142. The normalized spacial score (nSPS) is 25.1. The van der Waals surface area contributed by atoms with Gasteiger partial charge in [0.1, 0.15) is 0 Å². The van der Waals surface area contributed by atoms with Crippen LogP contribution >= 0.6 is 11.6 Å². The summed E-state index contributed by atoms with van der Waals surface area (Å²) >= 11 is 5.98. The number of piperidine rings is 1. The van der Waals surface area contributed by atoms with Crippen molar-refractivity contribution >= 4 is 23.6 Å². The lowest BCUT2D eigenvalue weighted by atomic mass is 9.87. The third-order valence-corrected chi connectivity index (χ3v) is 4.71. The van der Waals surface area contributed by atoms with Crippen LogP contribution in [0.5, 0.6) is 0 Å². The maximum Gasteiger partial charge on any atom is 0.222 e. The Labute approximate surface area is 131 Å². The lowest BCUT2D eigenvalue weighted by Gasteiger charge is -2.56. The molecule has 1 aromatic carbocycles. The molecule has 2 bridgehead atoms. The molecule has 4 heteroatoms. The van der Waals surface area contributed by atoms with E-state index in [2.05, 4.69) is 23.1 Å². The second-order valence-electron chi connectivity index (χ2n) is 5.85. The number of amides is 1. The Morgan fingerprint density at radius 3 is 2.81 bits per heavy atom. The maximum atomic E-state index is 11.8. The Morgan fingerprint density at radius 1 is 1.38 bits per heavy atom. The zero-order valence-corrected chi connectivity index (χ0v) is 13.1. The van der Waals surface area contributed by atoms with E-state index in [0.29, 0.717) is 24.4 Å². The highest BCUT2D eigenvalue weighted by molar-refractivity contribution is 6.30. The Morgan fingerprint density at radius 2 is 2.14 bits per heavy atom. The SMILES string of the molecule is CCC(=O)N1CC2CC(C1)N2CC=Cc1cccc(Cl)c1. The van der Waals surface area contributed by atoms with Gasteiger partial charge in [0.05, 0.1) is 0 Å². The zero-order chi connectivity index (χ0) is 14.8. The first kappa shape index (κ1) is 14.6. The van der Waals surface area contributed by atoms with E-state index in [9.17, 15) is 4.79 Å². The van der Waals surface area contributed by atoms with Crippen LogP contribution in [0.3, 0.4) is 0 Å². The molecule has 3 aliphatic heterocycles. The second-order valence-corrected chi connectivity index (χ2v) is 6.29. The molecule has 3 fully saturated rings. The van der Waals surface area contributed by atoms with Gasteiger partial charge in [-0.3, -0.25) is 9.69 Å². The van der Waals surface area contributed by atoms with Crippen molar-refractivity contribution in [1.29, 1.82) is 0 Å². The monoisotopic (exact) mass is 304 g/mol. The van der Waals surface area contributed by atoms with Gasteiger partial charge < -0.3 is 4.90 Å². The van der Waals surface area contributed by atoms with E-state index < -0.39 is 0 Å². The number of rotatable bonds is 4. The first-order valence-corrected chi connectivity index (χ1v) is 8.01. The van der Waals surface area contributed by atoms with E-state index in [1.165, 1.54) is 6.42 Å². The smallest absolute Gasteiger partial charge is 0.222 e. The minimum Gasteiger partial charge on any atom is -0.340 e. The molecule has 0 spiro atoms. The average molecular weight is 305 g/mol. The second kappa shape index (κ2) is 6.20. The molecule has 2 unspecified atom stereocenters. The number of halogens is 1. The van der Waals surface area contributed by atoms with Crippen LogP contribution in [-0.4, -0.2) is 47.4 Å². The Bertz CT molecular complexity index is 545. The van der Waals surface area contributed by atoms with Crippen molar-refractivity contribution in [3.63, 3.8) is 0 Å². The molecule has 0 saturated carbocycles. The molecule has 0 aromatic heterocycles. The highest BCUT2D eigenvalue weighted by Gasteiger charge is 2.44. The highest BCUT2D eigenvalue weighted by Crippen LogP contribution is 2.32. The molecule has 2 atom stereocenters. The third kappa shape index (κ3) is 3.14. The minimum atomic E-state index is 0.291. The quantitative estimate of drug-likeness (QED) is 0.853. The van der Waals surface area contributed by atoms with E-state index in [-0.39, 0.29) is 0 Å². The molecule has 1 aromatic rings. The fourth-order valence-electron chi connectivity index (χ4n) is 3.33. The van der Waals surface area contributed by atoms with Crippen LogP contribution in [-0.2, 0) is 4.79 Å². The summed E-state index contributed by atoms with van der Waals surface area (Å²) in [5, 5.41) is 0.770. The summed E-state index contributed by atoms with van der Waals surface area (Å²) in [5.74, 6) is 0.291. The van der Waals surface area contributed by atoms with Gasteiger partial charge in [-0.05, 0) is 24.1 Å². The molecule has 0 N–H and O–H groups in total. The van der Waals surface area contributed by atoms with E-state index >= 15 is 0 Å². The molecule has 0 aliphatic carbocycles. The van der Waals surface area contributed by atoms with E-state index in [0.717, 1.165) is 30.2 Å². The molecule has 3 nitrogen and oxygen atoms in total. The summed E-state index contributed by atoms with van der Waals surface area (Å²) in [6.45, 7) is 4.69. The largest absolute Gasteiger partial charge is 0.340 e. The number of piperazine rings is 1. The number of benzene rings is 1. The Hall–Kier alpha value is -1.32. The molecular weight excluding hydrogens is 284 g/mol. The van der Waals surface area contributed by atoms with Crippen LogP contribution in [0.4, 0.5) is 0 Å². The van der Waals surface area contributed by atoms with Gasteiger partial charge in [0.15, 0.2) is 0 Å². The number of carbonyl (C=O) groups is 1. The van der Waals surface area contributed by atoms with Crippen LogP contribution in [0.2, 0.25) is 5.02 Å². The zero-order valence-electron chi connectivity index (χ0n) is 12.3. The number of hydrogen-bond donors (Lipinski definition) is 0. The molecule has 3 heterocycles. The highest BCUT2D eigenvalue weighted by atomic mass is 35.5. The average Bonchev–Trinajstić information content (AvgIpc) is 2.50. The first-order chi connectivity index (χ1) is 10.2. The standard InChI is InChI=1S/C17H21ClN2O/c1-2-17(21)19-11-15-10-16(12-19)20(15)8-4-6-13-5-3-7-14(18)9-13/h3-7,9,15-16H,2,8,10-12H2,1H3. The van der Waals surface area contributed by atoms with Gasteiger partial charge in [-0.2, -0.15) is 0 Å². The van der Waals surface area contributed by atoms with Gasteiger partial charge >= 0.3 is 0 Å². The van der Waals surface area contributed by atoms with Gasteiger partial charge in [-0.25, -0.2) is 0 Å². The summed E-state index contributed by atoms with van der Waals surface area (Å²) in [4.78, 5) is 16.3. The van der Waals surface area contributed by atoms with Crippen LogP contribution in [0, 0.1) is 0 Å². The molecule has 1 amide bonds.